The Balaban J connectivity index is 2.21. The summed E-state index contributed by atoms with van der Waals surface area (Å²) >= 11 is 0. The fourth-order valence-electron chi connectivity index (χ4n) is 4.59. The molecule has 4 heteroatoms. The Morgan fingerprint density at radius 3 is 1.70 bits per heavy atom. The fraction of sp³-hybridized carbons (Fsp3) is 0.862. The normalized spacial score (nSPS) is 18.8. The van der Waals surface area contributed by atoms with Crippen LogP contribution in [0.15, 0.2) is 12.2 Å². The summed E-state index contributed by atoms with van der Waals surface area (Å²) in [6.07, 6.45) is 23.6. The Kier molecular flexibility index (Phi) is 18.1. The van der Waals surface area contributed by atoms with E-state index in [9.17, 15) is 9.59 Å². The fourth-order valence-corrected chi connectivity index (χ4v) is 4.59. The standard InChI is InChI=1S/C29H52O4/c1-4-7-9-10-11-12-13-14-15-16-19-23-32-28(30)26-21-17-18-22-27(26)29(31)33-24-25(6-3)20-8-5-2/h17-18,25-27H,4-16,19-24H2,1-3H3. The molecule has 4 nitrogen and oxygen atoms in total. The lowest BCUT2D eigenvalue weighted by molar-refractivity contribution is -0.162. The summed E-state index contributed by atoms with van der Waals surface area (Å²) in [6, 6.07) is 0. The Morgan fingerprint density at radius 2 is 1.18 bits per heavy atom. The quantitative estimate of drug-likeness (QED) is 0.103. The van der Waals surface area contributed by atoms with E-state index >= 15 is 0 Å². The molecule has 1 aliphatic carbocycles. The average Bonchev–Trinajstić information content (AvgIpc) is 2.84. The maximum atomic E-state index is 12.7. The Morgan fingerprint density at radius 1 is 0.697 bits per heavy atom. The first-order valence-corrected chi connectivity index (χ1v) is 14.1. The van der Waals surface area contributed by atoms with Crippen molar-refractivity contribution in [2.75, 3.05) is 13.2 Å². The van der Waals surface area contributed by atoms with Gasteiger partial charge in [-0.3, -0.25) is 9.59 Å². The molecule has 1 aliphatic rings. The topological polar surface area (TPSA) is 52.6 Å². The van der Waals surface area contributed by atoms with Crippen LogP contribution in [0, 0.1) is 17.8 Å². The summed E-state index contributed by atoms with van der Waals surface area (Å²) in [5, 5.41) is 0. The lowest BCUT2D eigenvalue weighted by Crippen LogP contribution is -2.34. The first-order chi connectivity index (χ1) is 16.1. The Bertz CT molecular complexity index is 528. The van der Waals surface area contributed by atoms with Crippen molar-refractivity contribution in [3.8, 4) is 0 Å². The van der Waals surface area contributed by atoms with E-state index in [0.29, 0.717) is 32.0 Å². The van der Waals surface area contributed by atoms with E-state index in [2.05, 4.69) is 20.8 Å². The van der Waals surface area contributed by atoms with Crippen LogP contribution in [0.5, 0.6) is 0 Å². The summed E-state index contributed by atoms with van der Waals surface area (Å²) in [7, 11) is 0. The molecule has 0 amide bonds. The number of hydrogen-bond acceptors (Lipinski definition) is 4. The molecule has 3 atom stereocenters. The molecule has 0 heterocycles. The lowest BCUT2D eigenvalue weighted by atomic mass is 9.83. The lowest BCUT2D eigenvalue weighted by Gasteiger charge is -2.26. The van der Waals surface area contributed by atoms with Gasteiger partial charge in [-0.15, -0.1) is 0 Å². The van der Waals surface area contributed by atoms with Crippen molar-refractivity contribution in [3.63, 3.8) is 0 Å². The molecule has 0 aromatic carbocycles. The van der Waals surface area contributed by atoms with Crippen LogP contribution in [-0.4, -0.2) is 25.2 Å². The summed E-state index contributed by atoms with van der Waals surface area (Å²) in [6.45, 7) is 7.52. The number of esters is 2. The summed E-state index contributed by atoms with van der Waals surface area (Å²) in [5.41, 5.74) is 0. The third kappa shape index (κ3) is 13.9. The molecular formula is C29H52O4. The maximum absolute atomic E-state index is 12.7. The van der Waals surface area contributed by atoms with Crippen LogP contribution in [0.2, 0.25) is 0 Å². The molecule has 0 saturated carbocycles. The second kappa shape index (κ2) is 20.1. The molecule has 192 valence electrons. The van der Waals surface area contributed by atoms with E-state index in [-0.39, 0.29) is 11.9 Å². The minimum absolute atomic E-state index is 0.230. The van der Waals surface area contributed by atoms with Crippen LogP contribution >= 0.6 is 0 Å². The number of carbonyl (C=O) groups is 2. The molecule has 0 aliphatic heterocycles. The maximum Gasteiger partial charge on any atom is 0.310 e. The van der Waals surface area contributed by atoms with E-state index in [1.807, 2.05) is 12.2 Å². The van der Waals surface area contributed by atoms with Crippen LogP contribution in [0.3, 0.4) is 0 Å². The van der Waals surface area contributed by atoms with Crippen molar-refractivity contribution in [1.82, 2.24) is 0 Å². The van der Waals surface area contributed by atoms with Crippen molar-refractivity contribution in [1.29, 1.82) is 0 Å². The van der Waals surface area contributed by atoms with Gasteiger partial charge in [0.1, 0.15) is 0 Å². The van der Waals surface area contributed by atoms with Gasteiger partial charge in [0.2, 0.25) is 0 Å². The van der Waals surface area contributed by atoms with Gasteiger partial charge in [-0.1, -0.05) is 116 Å². The number of carbonyl (C=O) groups excluding carboxylic acids is 2. The first-order valence-electron chi connectivity index (χ1n) is 14.1. The summed E-state index contributed by atoms with van der Waals surface area (Å²) < 4.78 is 11.2. The van der Waals surface area contributed by atoms with Crippen molar-refractivity contribution in [2.45, 2.75) is 130 Å². The van der Waals surface area contributed by atoms with Crippen LogP contribution in [0.1, 0.15) is 130 Å². The van der Waals surface area contributed by atoms with Crippen molar-refractivity contribution in [2.24, 2.45) is 17.8 Å². The van der Waals surface area contributed by atoms with E-state index in [1.165, 1.54) is 57.8 Å². The highest BCUT2D eigenvalue weighted by atomic mass is 16.5. The zero-order valence-electron chi connectivity index (χ0n) is 22.0. The molecule has 0 radical (unpaired) electrons. The molecule has 0 fully saturated rings. The first kappa shape index (κ1) is 29.7. The predicted molar refractivity (Wildman–Crippen MR) is 137 cm³/mol. The third-order valence-electron chi connectivity index (χ3n) is 7.03. The van der Waals surface area contributed by atoms with E-state index < -0.39 is 11.8 Å². The molecule has 33 heavy (non-hydrogen) atoms. The van der Waals surface area contributed by atoms with E-state index in [1.54, 1.807) is 0 Å². The molecule has 0 aromatic heterocycles. The highest BCUT2D eigenvalue weighted by molar-refractivity contribution is 5.82. The van der Waals surface area contributed by atoms with Crippen LogP contribution < -0.4 is 0 Å². The second-order valence-corrected chi connectivity index (χ2v) is 9.91. The highest BCUT2D eigenvalue weighted by Gasteiger charge is 2.36. The van der Waals surface area contributed by atoms with Crippen LogP contribution in [0.25, 0.3) is 0 Å². The molecule has 0 N–H and O–H groups in total. The monoisotopic (exact) mass is 464 g/mol. The smallest absolute Gasteiger partial charge is 0.310 e. The zero-order chi connectivity index (χ0) is 24.2. The number of hydrogen-bond donors (Lipinski definition) is 0. The molecule has 0 aromatic rings. The number of allylic oxidation sites excluding steroid dienone is 2. The van der Waals surface area contributed by atoms with Gasteiger partial charge < -0.3 is 9.47 Å². The third-order valence-corrected chi connectivity index (χ3v) is 7.03. The van der Waals surface area contributed by atoms with Gasteiger partial charge >= 0.3 is 11.9 Å². The van der Waals surface area contributed by atoms with Gasteiger partial charge in [-0.05, 0) is 31.6 Å². The van der Waals surface area contributed by atoms with Gasteiger partial charge in [0, 0.05) is 0 Å². The number of unbranched alkanes of at least 4 members (excludes halogenated alkanes) is 11. The van der Waals surface area contributed by atoms with Gasteiger partial charge in [0.15, 0.2) is 0 Å². The van der Waals surface area contributed by atoms with E-state index in [4.69, 9.17) is 9.47 Å². The SMILES string of the molecule is CCCCCCCCCCCCCOC(=O)C1CC=CCC1C(=O)OCC(CC)CCCC. The van der Waals surface area contributed by atoms with Crippen LogP contribution in [-0.2, 0) is 19.1 Å². The Labute approximate surface area is 204 Å². The summed E-state index contributed by atoms with van der Waals surface area (Å²) in [4.78, 5) is 25.4. The molecule has 0 bridgehead atoms. The zero-order valence-corrected chi connectivity index (χ0v) is 22.0. The minimum atomic E-state index is -0.400. The van der Waals surface area contributed by atoms with Gasteiger partial charge in [-0.25, -0.2) is 0 Å². The van der Waals surface area contributed by atoms with Crippen molar-refractivity contribution >= 4 is 11.9 Å². The summed E-state index contributed by atoms with van der Waals surface area (Å²) in [5.74, 6) is -0.841. The molecule has 0 spiro atoms. The Hall–Kier alpha value is -1.32. The highest BCUT2D eigenvalue weighted by Crippen LogP contribution is 2.28. The minimum Gasteiger partial charge on any atom is -0.465 e. The van der Waals surface area contributed by atoms with Crippen LogP contribution in [0.4, 0.5) is 0 Å². The van der Waals surface area contributed by atoms with Gasteiger partial charge in [-0.2, -0.15) is 0 Å². The predicted octanol–water partition coefficient (Wildman–Crippen LogP) is 8.18. The largest absolute Gasteiger partial charge is 0.465 e. The second-order valence-electron chi connectivity index (χ2n) is 9.91. The van der Waals surface area contributed by atoms with Crippen molar-refractivity contribution in [3.05, 3.63) is 12.2 Å². The van der Waals surface area contributed by atoms with Gasteiger partial charge in [0.25, 0.3) is 0 Å². The molecule has 3 unspecified atom stereocenters. The number of ether oxygens (including phenoxy) is 2. The molecule has 0 saturated heterocycles. The van der Waals surface area contributed by atoms with Crippen molar-refractivity contribution < 1.29 is 19.1 Å². The molecule has 1 rings (SSSR count). The van der Waals surface area contributed by atoms with Gasteiger partial charge in [0.05, 0.1) is 25.0 Å². The number of rotatable bonds is 20. The average molecular weight is 465 g/mol. The van der Waals surface area contributed by atoms with E-state index in [0.717, 1.165) is 38.5 Å². The molecular weight excluding hydrogens is 412 g/mol.